The Hall–Kier alpha value is -1.75. The highest BCUT2D eigenvalue weighted by Gasteiger charge is 2.12. The second-order valence-electron chi connectivity index (χ2n) is 4.04. The van der Waals surface area contributed by atoms with E-state index < -0.39 is 0 Å². The van der Waals surface area contributed by atoms with E-state index in [2.05, 4.69) is 0 Å². The van der Waals surface area contributed by atoms with Crippen LogP contribution in [0.2, 0.25) is 0 Å². The number of carbonyl (C=O) groups is 1. The Bertz CT molecular complexity index is 417. The van der Waals surface area contributed by atoms with Gasteiger partial charge in [-0.25, -0.2) is 0 Å². The summed E-state index contributed by atoms with van der Waals surface area (Å²) in [6.45, 7) is 5.70. The van der Waals surface area contributed by atoms with Crippen LogP contribution in [0.1, 0.15) is 19.4 Å². The van der Waals surface area contributed by atoms with Crippen LogP contribution in [0.25, 0.3) is 0 Å². The van der Waals surface area contributed by atoms with Gasteiger partial charge in [-0.3, -0.25) is 4.79 Å². The minimum Gasteiger partial charge on any atom is -0.493 e. The summed E-state index contributed by atoms with van der Waals surface area (Å²) in [7, 11) is 1.56. The fraction of sp³-hybridized carbons (Fsp3) is 0.500. The molecule has 0 atom stereocenters. The molecule has 0 fully saturated rings. The van der Waals surface area contributed by atoms with Crippen LogP contribution < -0.4 is 15.2 Å². The van der Waals surface area contributed by atoms with Crippen molar-refractivity contribution in [3.05, 3.63) is 23.8 Å². The zero-order chi connectivity index (χ0) is 14.3. The lowest BCUT2D eigenvalue weighted by Crippen LogP contribution is -2.34. The van der Waals surface area contributed by atoms with Gasteiger partial charge in [0.25, 0.3) is 5.91 Å². The fourth-order valence-electron chi connectivity index (χ4n) is 1.77. The minimum atomic E-state index is -0.0324. The summed E-state index contributed by atoms with van der Waals surface area (Å²) in [5.41, 5.74) is 6.52. The number of hydrogen-bond acceptors (Lipinski definition) is 4. The molecule has 0 radical (unpaired) electrons. The monoisotopic (exact) mass is 266 g/mol. The Morgan fingerprint density at radius 1 is 1.26 bits per heavy atom. The van der Waals surface area contributed by atoms with Crippen molar-refractivity contribution in [2.45, 2.75) is 20.4 Å². The number of hydrogen-bond donors (Lipinski definition) is 1. The van der Waals surface area contributed by atoms with E-state index in [1.165, 1.54) is 0 Å². The average molecular weight is 266 g/mol. The first kappa shape index (κ1) is 15.3. The quantitative estimate of drug-likeness (QED) is 0.810. The molecule has 5 heteroatoms. The van der Waals surface area contributed by atoms with E-state index in [-0.39, 0.29) is 12.5 Å². The fourth-order valence-corrected chi connectivity index (χ4v) is 1.77. The smallest absolute Gasteiger partial charge is 0.260 e. The van der Waals surface area contributed by atoms with Crippen LogP contribution in [0.5, 0.6) is 11.5 Å². The molecular formula is C14H22N2O3. The van der Waals surface area contributed by atoms with E-state index in [0.29, 0.717) is 31.1 Å². The van der Waals surface area contributed by atoms with Crippen LogP contribution in [0.15, 0.2) is 18.2 Å². The maximum atomic E-state index is 11.8. The molecule has 0 saturated heterocycles. The SMILES string of the molecule is CCN(CC)C(=O)COc1ccc(CN)cc1OC. The molecular weight excluding hydrogens is 244 g/mol. The molecule has 1 amide bonds. The van der Waals surface area contributed by atoms with Gasteiger partial charge in [0.05, 0.1) is 7.11 Å². The van der Waals surface area contributed by atoms with Crippen LogP contribution in [-0.2, 0) is 11.3 Å². The number of nitrogens with zero attached hydrogens (tertiary/aromatic N) is 1. The standard InChI is InChI=1S/C14H22N2O3/c1-4-16(5-2)14(17)10-19-12-7-6-11(9-15)8-13(12)18-3/h6-8H,4-5,9-10,15H2,1-3H3. The lowest BCUT2D eigenvalue weighted by atomic mass is 10.2. The van der Waals surface area contributed by atoms with Gasteiger partial charge >= 0.3 is 0 Å². The normalized spacial score (nSPS) is 10.1. The van der Waals surface area contributed by atoms with Gasteiger partial charge in [0, 0.05) is 19.6 Å². The predicted octanol–water partition coefficient (Wildman–Crippen LogP) is 1.40. The minimum absolute atomic E-state index is 0.0139. The van der Waals surface area contributed by atoms with E-state index in [1.807, 2.05) is 26.0 Å². The maximum absolute atomic E-state index is 11.8. The predicted molar refractivity (Wildman–Crippen MR) is 74.3 cm³/mol. The summed E-state index contributed by atoms with van der Waals surface area (Å²) in [5, 5.41) is 0. The van der Waals surface area contributed by atoms with Crippen LogP contribution in [-0.4, -0.2) is 37.6 Å². The van der Waals surface area contributed by atoms with E-state index in [1.54, 1.807) is 18.1 Å². The van der Waals surface area contributed by atoms with Gasteiger partial charge in [-0.15, -0.1) is 0 Å². The number of carbonyl (C=O) groups excluding carboxylic acids is 1. The van der Waals surface area contributed by atoms with Gasteiger partial charge in [0.1, 0.15) is 0 Å². The van der Waals surface area contributed by atoms with Crippen molar-refractivity contribution >= 4 is 5.91 Å². The Morgan fingerprint density at radius 2 is 1.95 bits per heavy atom. The topological polar surface area (TPSA) is 64.8 Å². The number of likely N-dealkylation sites (N-methyl/N-ethyl adjacent to an activating group) is 1. The number of methoxy groups -OCH3 is 1. The molecule has 1 aromatic carbocycles. The van der Waals surface area contributed by atoms with Crippen LogP contribution in [0, 0.1) is 0 Å². The van der Waals surface area contributed by atoms with Crippen LogP contribution in [0.4, 0.5) is 0 Å². The Balaban J connectivity index is 2.69. The highest BCUT2D eigenvalue weighted by Crippen LogP contribution is 2.27. The van der Waals surface area contributed by atoms with Gasteiger partial charge in [-0.05, 0) is 31.5 Å². The molecule has 5 nitrogen and oxygen atoms in total. The molecule has 1 rings (SSSR count). The lowest BCUT2D eigenvalue weighted by molar-refractivity contribution is -0.132. The molecule has 0 bridgehead atoms. The van der Waals surface area contributed by atoms with Crippen molar-refractivity contribution in [3.8, 4) is 11.5 Å². The summed E-state index contributed by atoms with van der Waals surface area (Å²) in [6.07, 6.45) is 0. The second kappa shape index (κ2) is 7.63. The second-order valence-corrected chi connectivity index (χ2v) is 4.04. The van der Waals surface area contributed by atoms with E-state index in [4.69, 9.17) is 15.2 Å². The zero-order valence-corrected chi connectivity index (χ0v) is 11.8. The Morgan fingerprint density at radius 3 is 2.47 bits per heavy atom. The first-order valence-corrected chi connectivity index (χ1v) is 6.43. The Labute approximate surface area is 114 Å². The van der Waals surface area contributed by atoms with Crippen molar-refractivity contribution in [1.29, 1.82) is 0 Å². The third-order valence-electron chi connectivity index (χ3n) is 2.93. The van der Waals surface area contributed by atoms with Gasteiger partial charge in [0.2, 0.25) is 0 Å². The van der Waals surface area contributed by atoms with Gasteiger partial charge in [0.15, 0.2) is 18.1 Å². The first-order valence-electron chi connectivity index (χ1n) is 6.43. The molecule has 0 unspecified atom stereocenters. The zero-order valence-electron chi connectivity index (χ0n) is 11.8. The molecule has 0 aliphatic heterocycles. The van der Waals surface area contributed by atoms with Crippen molar-refractivity contribution in [2.24, 2.45) is 5.73 Å². The number of amides is 1. The van der Waals surface area contributed by atoms with Gasteiger partial charge in [-0.2, -0.15) is 0 Å². The molecule has 0 aliphatic carbocycles. The first-order chi connectivity index (χ1) is 9.15. The number of ether oxygens (including phenoxy) is 2. The average Bonchev–Trinajstić information content (AvgIpc) is 2.46. The van der Waals surface area contributed by atoms with Crippen molar-refractivity contribution in [2.75, 3.05) is 26.8 Å². The molecule has 0 aromatic heterocycles. The number of rotatable bonds is 7. The summed E-state index contributed by atoms with van der Waals surface area (Å²) in [5.74, 6) is 1.12. The van der Waals surface area contributed by atoms with Crippen molar-refractivity contribution in [3.63, 3.8) is 0 Å². The molecule has 0 spiro atoms. The summed E-state index contributed by atoms with van der Waals surface area (Å²) in [4.78, 5) is 13.6. The third-order valence-corrected chi connectivity index (χ3v) is 2.93. The Kier molecular flexibility index (Phi) is 6.15. The molecule has 1 aromatic rings. The lowest BCUT2D eigenvalue weighted by Gasteiger charge is -2.19. The van der Waals surface area contributed by atoms with Gasteiger partial charge in [-0.1, -0.05) is 6.07 Å². The number of benzene rings is 1. The summed E-state index contributed by atoms with van der Waals surface area (Å²) < 4.78 is 10.7. The molecule has 0 saturated carbocycles. The molecule has 0 aliphatic rings. The van der Waals surface area contributed by atoms with Crippen LogP contribution >= 0.6 is 0 Å². The third kappa shape index (κ3) is 4.13. The van der Waals surface area contributed by atoms with Gasteiger partial charge < -0.3 is 20.1 Å². The van der Waals surface area contributed by atoms with Crippen LogP contribution in [0.3, 0.4) is 0 Å². The maximum Gasteiger partial charge on any atom is 0.260 e. The van der Waals surface area contributed by atoms with Crippen molar-refractivity contribution in [1.82, 2.24) is 4.90 Å². The van der Waals surface area contributed by atoms with E-state index in [9.17, 15) is 4.79 Å². The van der Waals surface area contributed by atoms with Crippen molar-refractivity contribution < 1.29 is 14.3 Å². The highest BCUT2D eigenvalue weighted by atomic mass is 16.5. The molecule has 2 N–H and O–H groups in total. The molecule has 0 heterocycles. The molecule has 106 valence electrons. The van der Waals surface area contributed by atoms with E-state index in [0.717, 1.165) is 5.56 Å². The molecule has 19 heavy (non-hydrogen) atoms. The van der Waals surface area contributed by atoms with E-state index >= 15 is 0 Å². The summed E-state index contributed by atoms with van der Waals surface area (Å²) in [6, 6.07) is 5.45. The highest BCUT2D eigenvalue weighted by molar-refractivity contribution is 5.77. The largest absolute Gasteiger partial charge is 0.493 e. The number of nitrogens with two attached hydrogens (primary N) is 1. The summed E-state index contributed by atoms with van der Waals surface area (Å²) >= 11 is 0.